The summed E-state index contributed by atoms with van der Waals surface area (Å²) >= 11 is 5.69. The van der Waals surface area contributed by atoms with Gasteiger partial charge in [0.05, 0.1) is 17.7 Å². The van der Waals surface area contributed by atoms with Crippen molar-refractivity contribution in [2.24, 2.45) is 5.84 Å². The Morgan fingerprint density at radius 3 is 2.76 bits per heavy atom. The summed E-state index contributed by atoms with van der Waals surface area (Å²) in [5.74, 6) is 6.00. The molecule has 0 aliphatic carbocycles. The number of halogens is 2. The molecule has 2 aromatic rings. The van der Waals surface area contributed by atoms with Crippen molar-refractivity contribution < 1.29 is 9.13 Å². The molecule has 2 aromatic carbocycles. The van der Waals surface area contributed by atoms with Gasteiger partial charge in [0.2, 0.25) is 0 Å². The molecule has 0 heterocycles. The van der Waals surface area contributed by atoms with Gasteiger partial charge in [-0.25, -0.2) is 4.39 Å². The lowest BCUT2D eigenvalue weighted by atomic mass is 9.99. The maximum absolute atomic E-state index is 13.5. The number of ether oxygens (including phenoxy) is 1. The Balaban J connectivity index is 2.19. The SMILES string of the molecule is CCOc1cccc(C(Cc2ccc(Cl)c(F)c2)NN)c1. The molecule has 5 heteroatoms. The molecule has 0 aromatic heterocycles. The molecule has 0 radical (unpaired) electrons. The van der Waals surface area contributed by atoms with E-state index in [4.69, 9.17) is 22.2 Å². The number of nitrogens with one attached hydrogen (secondary N) is 1. The fourth-order valence-corrected chi connectivity index (χ4v) is 2.28. The highest BCUT2D eigenvalue weighted by Gasteiger charge is 2.12. The van der Waals surface area contributed by atoms with Crippen molar-refractivity contribution in [3.8, 4) is 5.75 Å². The zero-order chi connectivity index (χ0) is 15.2. The average molecular weight is 309 g/mol. The second-order valence-electron chi connectivity index (χ2n) is 4.68. The molecule has 0 saturated heterocycles. The van der Waals surface area contributed by atoms with Crippen LogP contribution in [0.3, 0.4) is 0 Å². The van der Waals surface area contributed by atoms with Crippen LogP contribution in [-0.4, -0.2) is 6.61 Å². The van der Waals surface area contributed by atoms with Gasteiger partial charge < -0.3 is 4.74 Å². The van der Waals surface area contributed by atoms with Crippen molar-refractivity contribution in [3.63, 3.8) is 0 Å². The van der Waals surface area contributed by atoms with Crippen molar-refractivity contribution >= 4 is 11.6 Å². The zero-order valence-corrected chi connectivity index (χ0v) is 12.5. The molecule has 0 spiro atoms. The predicted molar refractivity (Wildman–Crippen MR) is 82.8 cm³/mol. The van der Waals surface area contributed by atoms with Crippen LogP contribution in [0.15, 0.2) is 42.5 Å². The summed E-state index contributed by atoms with van der Waals surface area (Å²) in [4.78, 5) is 0. The smallest absolute Gasteiger partial charge is 0.142 e. The lowest BCUT2D eigenvalue weighted by Gasteiger charge is -2.17. The molecule has 0 aliphatic rings. The molecule has 0 saturated carbocycles. The Bertz CT molecular complexity index is 607. The largest absolute Gasteiger partial charge is 0.494 e. The lowest BCUT2D eigenvalue weighted by Crippen LogP contribution is -2.29. The normalized spacial score (nSPS) is 12.2. The standard InChI is InChI=1S/C16H18ClFN2O/c1-2-21-13-5-3-4-12(10-13)16(20-19)9-11-6-7-14(17)15(18)8-11/h3-8,10,16,20H,2,9,19H2,1H3. The van der Waals surface area contributed by atoms with Gasteiger partial charge in [0.25, 0.3) is 0 Å². The molecule has 3 nitrogen and oxygen atoms in total. The lowest BCUT2D eigenvalue weighted by molar-refractivity contribution is 0.339. The van der Waals surface area contributed by atoms with Crippen LogP contribution < -0.4 is 16.0 Å². The van der Waals surface area contributed by atoms with Crippen LogP contribution in [0.4, 0.5) is 4.39 Å². The fraction of sp³-hybridized carbons (Fsp3) is 0.250. The molecular weight excluding hydrogens is 291 g/mol. The van der Waals surface area contributed by atoms with Gasteiger partial charge in [-0.2, -0.15) is 0 Å². The van der Waals surface area contributed by atoms with Crippen LogP contribution in [0.25, 0.3) is 0 Å². The van der Waals surface area contributed by atoms with E-state index in [1.807, 2.05) is 31.2 Å². The van der Waals surface area contributed by atoms with E-state index >= 15 is 0 Å². The van der Waals surface area contributed by atoms with Gasteiger partial charge in [0.1, 0.15) is 11.6 Å². The minimum atomic E-state index is -0.423. The predicted octanol–water partition coefficient (Wildman–Crippen LogP) is 3.62. The molecule has 1 unspecified atom stereocenters. The summed E-state index contributed by atoms with van der Waals surface area (Å²) < 4.78 is 19.0. The first-order chi connectivity index (χ1) is 10.1. The first-order valence-corrected chi connectivity index (χ1v) is 7.14. The van der Waals surface area contributed by atoms with E-state index < -0.39 is 5.82 Å². The van der Waals surface area contributed by atoms with E-state index in [0.29, 0.717) is 13.0 Å². The van der Waals surface area contributed by atoms with E-state index in [-0.39, 0.29) is 11.1 Å². The third-order valence-corrected chi connectivity index (χ3v) is 3.50. The topological polar surface area (TPSA) is 47.3 Å². The Morgan fingerprint density at radius 2 is 2.10 bits per heavy atom. The highest BCUT2D eigenvalue weighted by atomic mass is 35.5. The Labute approximate surface area is 128 Å². The summed E-state index contributed by atoms with van der Waals surface area (Å²) in [5.41, 5.74) is 4.57. The van der Waals surface area contributed by atoms with Crippen LogP contribution in [-0.2, 0) is 6.42 Å². The third kappa shape index (κ3) is 4.17. The van der Waals surface area contributed by atoms with Crippen LogP contribution in [0.2, 0.25) is 5.02 Å². The quantitative estimate of drug-likeness (QED) is 0.633. The molecule has 21 heavy (non-hydrogen) atoms. The maximum Gasteiger partial charge on any atom is 0.142 e. The molecule has 0 fully saturated rings. The minimum absolute atomic E-state index is 0.120. The Morgan fingerprint density at radius 1 is 1.29 bits per heavy atom. The molecule has 112 valence electrons. The van der Waals surface area contributed by atoms with Crippen molar-refractivity contribution in [1.82, 2.24) is 5.43 Å². The van der Waals surface area contributed by atoms with Crippen LogP contribution in [0.1, 0.15) is 24.1 Å². The summed E-state index contributed by atoms with van der Waals surface area (Å²) in [5, 5.41) is 0.120. The monoisotopic (exact) mass is 308 g/mol. The van der Waals surface area contributed by atoms with Gasteiger partial charge >= 0.3 is 0 Å². The number of hydrogen-bond donors (Lipinski definition) is 2. The highest BCUT2D eigenvalue weighted by Crippen LogP contribution is 2.24. The summed E-state index contributed by atoms with van der Waals surface area (Å²) in [7, 11) is 0. The Hall–Kier alpha value is -1.62. The molecule has 0 bridgehead atoms. The molecule has 3 N–H and O–H groups in total. The first-order valence-electron chi connectivity index (χ1n) is 6.77. The van der Waals surface area contributed by atoms with Crippen molar-refractivity contribution in [2.45, 2.75) is 19.4 Å². The van der Waals surface area contributed by atoms with Crippen LogP contribution >= 0.6 is 11.6 Å². The second-order valence-corrected chi connectivity index (χ2v) is 5.08. The number of nitrogens with two attached hydrogens (primary N) is 1. The van der Waals surface area contributed by atoms with Crippen LogP contribution in [0.5, 0.6) is 5.75 Å². The number of benzene rings is 2. The van der Waals surface area contributed by atoms with Crippen LogP contribution in [0, 0.1) is 5.82 Å². The van der Waals surface area contributed by atoms with Gasteiger partial charge in [-0.1, -0.05) is 29.8 Å². The molecule has 0 aliphatic heterocycles. The number of hydrazine groups is 1. The summed E-state index contributed by atoms with van der Waals surface area (Å²) in [6, 6.07) is 12.3. The molecule has 2 rings (SSSR count). The highest BCUT2D eigenvalue weighted by molar-refractivity contribution is 6.30. The molecule has 0 amide bonds. The molecule has 1 atom stereocenters. The van der Waals surface area contributed by atoms with Crippen molar-refractivity contribution in [3.05, 3.63) is 64.4 Å². The van der Waals surface area contributed by atoms with E-state index in [1.54, 1.807) is 12.1 Å². The molecular formula is C16H18ClFN2O. The van der Waals surface area contributed by atoms with E-state index in [9.17, 15) is 4.39 Å². The van der Waals surface area contributed by atoms with Crippen molar-refractivity contribution in [1.29, 1.82) is 0 Å². The summed E-state index contributed by atoms with van der Waals surface area (Å²) in [6.07, 6.45) is 0.556. The van der Waals surface area contributed by atoms with Gasteiger partial charge in [-0.05, 0) is 48.7 Å². The Kier molecular flexibility index (Phi) is 5.56. The van der Waals surface area contributed by atoms with E-state index in [1.165, 1.54) is 6.07 Å². The second kappa shape index (κ2) is 7.41. The number of hydrogen-bond acceptors (Lipinski definition) is 3. The van der Waals surface area contributed by atoms with Crippen molar-refractivity contribution in [2.75, 3.05) is 6.61 Å². The average Bonchev–Trinajstić information content (AvgIpc) is 2.49. The van der Waals surface area contributed by atoms with E-state index in [0.717, 1.165) is 16.9 Å². The van der Waals surface area contributed by atoms with Gasteiger partial charge in [-0.3, -0.25) is 11.3 Å². The first kappa shape index (κ1) is 15.8. The zero-order valence-electron chi connectivity index (χ0n) is 11.8. The van der Waals surface area contributed by atoms with Gasteiger partial charge in [0.15, 0.2) is 0 Å². The van der Waals surface area contributed by atoms with Gasteiger partial charge in [0, 0.05) is 0 Å². The third-order valence-electron chi connectivity index (χ3n) is 3.20. The number of rotatable bonds is 6. The maximum atomic E-state index is 13.5. The van der Waals surface area contributed by atoms with E-state index in [2.05, 4.69) is 5.43 Å². The summed E-state index contributed by atoms with van der Waals surface area (Å²) in [6.45, 7) is 2.54. The minimum Gasteiger partial charge on any atom is -0.494 e. The van der Waals surface area contributed by atoms with Gasteiger partial charge in [-0.15, -0.1) is 0 Å². The fourth-order valence-electron chi connectivity index (χ4n) is 2.16.